The molecule has 3 aromatic rings. The van der Waals surface area contributed by atoms with Crippen molar-refractivity contribution in [1.29, 1.82) is 0 Å². The number of likely N-dealkylation sites (tertiary alicyclic amines) is 1. The molecule has 6 nitrogen and oxygen atoms in total. The minimum Gasteiger partial charge on any atom is -0.508 e. The van der Waals surface area contributed by atoms with Crippen LogP contribution < -0.4 is 15.6 Å². The first-order valence-electron chi connectivity index (χ1n) is 11.6. The third kappa shape index (κ3) is 4.35. The Labute approximate surface area is 208 Å². The molecule has 0 aromatic heterocycles. The fraction of sp³-hybridized carbons (Fsp3) is 0.296. The summed E-state index contributed by atoms with van der Waals surface area (Å²) in [5.41, 5.74) is 9.67. The van der Waals surface area contributed by atoms with Gasteiger partial charge in [-0.15, -0.1) is 0 Å². The molecule has 1 amide bonds. The maximum atomic E-state index is 13.8. The molecule has 4 atom stereocenters. The highest BCUT2D eigenvalue weighted by Crippen LogP contribution is 2.49. The molecule has 2 aliphatic rings. The number of halogens is 2. The fourth-order valence-corrected chi connectivity index (χ4v) is 5.42. The lowest BCUT2D eigenvalue weighted by Crippen LogP contribution is -2.42. The Balaban J connectivity index is 1.50. The number of carbonyl (C=O) groups excluding carboxylic acids is 1. The zero-order valence-corrected chi connectivity index (χ0v) is 20.2. The number of nitrogens with zero attached hydrogens (tertiary/aromatic N) is 1. The van der Waals surface area contributed by atoms with Gasteiger partial charge in [-0.25, -0.2) is 15.2 Å². The normalized spacial score (nSPS) is 23.5. The standard InChI is InChI=1S/C27H27ClFN3O3/c1-15-13-22(33)20(14-21(15)28)24-23-25(31-30-24)27(34)32(26(23)17-5-7-18(29)8-6-17)12-11-16-3-9-19(35-2)10-4-16/h3-10,13-14,23-26,30-31,33H,11-12H2,1-2H3. The highest BCUT2D eigenvalue weighted by atomic mass is 35.5. The van der Waals surface area contributed by atoms with Gasteiger partial charge in [0, 0.05) is 23.0 Å². The maximum Gasteiger partial charge on any atom is 0.242 e. The number of rotatable bonds is 6. The van der Waals surface area contributed by atoms with E-state index in [0.717, 1.165) is 22.4 Å². The number of hydrogen-bond acceptors (Lipinski definition) is 5. The number of aromatic hydroxyl groups is 1. The largest absolute Gasteiger partial charge is 0.508 e. The van der Waals surface area contributed by atoms with E-state index in [4.69, 9.17) is 16.3 Å². The van der Waals surface area contributed by atoms with E-state index in [1.165, 1.54) is 12.1 Å². The Bertz CT molecular complexity index is 1240. The average Bonchev–Trinajstić information content (AvgIpc) is 3.40. The van der Waals surface area contributed by atoms with Gasteiger partial charge in [0.1, 0.15) is 23.4 Å². The highest BCUT2D eigenvalue weighted by molar-refractivity contribution is 6.31. The van der Waals surface area contributed by atoms with Gasteiger partial charge in [-0.1, -0.05) is 35.9 Å². The smallest absolute Gasteiger partial charge is 0.242 e. The van der Waals surface area contributed by atoms with Gasteiger partial charge in [0.15, 0.2) is 0 Å². The molecule has 4 unspecified atom stereocenters. The van der Waals surface area contributed by atoms with Crippen molar-refractivity contribution in [2.75, 3.05) is 13.7 Å². The van der Waals surface area contributed by atoms with Gasteiger partial charge >= 0.3 is 0 Å². The van der Waals surface area contributed by atoms with Crippen LogP contribution in [0.25, 0.3) is 0 Å². The van der Waals surface area contributed by atoms with Gasteiger partial charge in [-0.05, 0) is 66.4 Å². The third-order valence-electron chi connectivity index (χ3n) is 7.07. The molecule has 0 spiro atoms. The lowest BCUT2D eigenvalue weighted by Gasteiger charge is -2.31. The monoisotopic (exact) mass is 495 g/mol. The molecule has 182 valence electrons. The van der Waals surface area contributed by atoms with Crippen molar-refractivity contribution in [2.24, 2.45) is 5.92 Å². The molecule has 35 heavy (non-hydrogen) atoms. The van der Waals surface area contributed by atoms with E-state index in [1.807, 2.05) is 36.1 Å². The zero-order chi connectivity index (χ0) is 24.7. The summed E-state index contributed by atoms with van der Waals surface area (Å²) in [5, 5.41) is 11.3. The second-order valence-electron chi connectivity index (χ2n) is 9.11. The Morgan fingerprint density at radius 1 is 1.06 bits per heavy atom. The number of carbonyl (C=O) groups is 1. The molecular weight excluding hydrogens is 469 g/mol. The molecule has 0 radical (unpaired) electrons. The van der Waals surface area contributed by atoms with E-state index >= 15 is 0 Å². The Hall–Kier alpha value is -3.13. The van der Waals surface area contributed by atoms with Crippen LogP contribution in [0.15, 0.2) is 60.7 Å². The highest BCUT2D eigenvalue weighted by Gasteiger charge is 2.55. The number of amides is 1. The summed E-state index contributed by atoms with van der Waals surface area (Å²) in [6, 6.07) is 16.3. The molecule has 2 aliphatic heterocycles. The van der Waals surface area contributed by atoms with Crippen LogP contribution in [0.4, 0.5) is 4.39 Å². The van der Waals surface area contributed by atoms with Crippen LogP contribution in [0.5, 0.6) is 11.5 Å². The van der Waals surface area contributed by atoms with Gasteiger partial charge < -0.3 is 14.7 Å². The van der Waals surface area contributed by atoms with E-state index in [9.17, 15) is 14.3 Å². The maximum absolute atomic E-state index is 13.8. The van der Waals surface area contributed by atoms with Crippen molar-refractivity contribution in [3.8, 4) is 11.5 Å². The number of nitrogens with one attached hydrogen (secondary N) is 2. The zero-order valence-electron chi connectivity index (χ0n) is 19.5. The van der Waals surface area contributed by atoms with Crippen LogP contribution in [0.1, 0.15) is 34.3 Å². The molecule has 3 aromatic carbocycles. The number of methoxy groups -OCH3 is 1. The predicted octanol–water partition coefficient (Wildman–Crippen LogP) is 4.46. The predicted molar refractivity (Wildman–Crippen MR) is 132 cm³/mol. The molecule has 8 heteroatoms. The number of phenols is 1. The lowest BCUT2D eigenvalue weighted by molar-refractivity contribution is -0.130. The van der Waals surface area contributed by atoms with E-state index in [-0.39, 0.29) is 35.5 Å². The Morgan fingerprint density at radius 2 is 1.74 bits per heavy atom. The Kier molecular flexibility index (Phi) is 6.40. The minimum atomic E-state index is -0.495. The van der Waals surface area contributed by atoms with Crippen molar-refractivity contribution >= 4 is 17.5 Å². The molecule has 3 N–H and O–H groups in total. The number of aryl methyl sites for hydroxylation is 1. The second-order valence-corrected chi connectivity index (χ2v) is 9.51. The van der Waals surface area contributed by atoms with E-state index in [0.29, 0.717) is 23.6 Å². The number of phenolic OH excluding ortho intramolecular Hbond substituents is 1. The van der Waals surface area contributed by atoms with E-state index < -0.39 is 6.04 Å². The van der Waals surface area contributed by atoms with Crippen LogP contribution in [0.2, 0.25) is 5.02 Å². The molecule has 2 saturated heterocycles. The first kappa shape index (κ1) is 23.6. The molecule has 0 saturated carbocycles. The average molecular weight is 496 g/mol. The summed E-state index contributed by atoms with van der Waals surface area (Å²) in [6.45, 7) is 2.32. The van der Waals surface area contributed by atoms with Crippen LogP contribution >= 0.6 is 11.6 Å². The number of fused-ring (bicyclic) bond motifs is 1. The summed E-state index contributed by atoms with van der Waals surface area (Å²) in [6.07, 6.45) is 0.659. The number of benzene rings is 3. The van der Waals surface area contributed by atoms with Crippen molar-refractivity contribution < 1.29 is 19.0 Å². The molecule has 2 fully saturated rings. The van der Waals surface area contributed by atoms with E-state index in [2.05, 4.69) is 10.9 Å². The van der Waals surface area contributed by atoms with Crippen molar-refractivity contribution in [3.05, 3.63) is 93.8 Å². The third-order valence-corrected chi connectivity index (χ3v) is 7.48. The second kappa shape index (κ2) is 9.49. The van der Waals surface area contributed by atoms with Crippen LogP contribution in [-0.4, -0.2) is 35.6 Å². The number of ether oxygens (including phenoxy) is 1. The van der Waals surface area contributed by atoms with Crippen LogP contribution in [-0.2, 0) is 11.2 Å². The summed E-state index contributed by atoms with van der Waals surface area (Å²) < 4.78 is 19.0. The minimum absolute atomic E-state index is 0.0365. The van der Waals surface area contributed by atoms with Gasteiger partial charge in [0.2, 0.25) is 5.91 Å². The van der Waals surface area contributed by atoms with Crippen molar-refractivity contribution in [3.63, 3.8) is 0 Å². The molecule has 0 bridgehead atoms. The molecule has 5 rings (SSSR count). The summed E-state index contributed by atoms with van der Waals surface area (Å²) in [4.78, 5) is 15.4. The molecular formula is C27H27ClFN3O3. The fourth-order valence-electron chi connectivity index (χ4n) is 5.25. The Morgan fingerprint density at radius 3 is 2.43 bits per heavy atom. The van der Waals surface area contributed by atoms with Crippen molar-refractivity contribution in [1.82, 2.24) is 15.8 Å². The van der Waals surface area contributed by atoms with Gasteiger partial charge in [-0.2, -0.15) is 0 Å². The topological polar surface area (TPSA) is 73.8 Å². The van der Waals surface area contributed by atoms with Gasteiger partial charge in [0.05, 0.1) is 19.2 Å². The van der Waals surface area contributed by atoms with Gasteiger partial charge in [-0.3, -0.25) is 4.79 Å². The summed E-state index contributed by atoms with van der Waals surface area (Å²) >= 11 is 6.39. The van der Waals surface area contributed by atoms with E-state index in [1.54, 1.807) is 31.4 Å². The lowest BCUT2D eigenvalue weighted by atomic mass is 9.83. The first-order chi connectivity index (χ1) is 16.9. The number of hydrazine groups is 1. The van der Waals surface area contributed by atoms with Crippen LogP contribution in [0, 0.1) is 18.7 Å². The molecule has 2 heterocycles. The SMILES string of the molecule is COc1ccc(CCN2C(=O)C3NNC(c4cc(Cl)c(C)cc4O)C3C2c2ccc(F)cc2)cc1. The quantitative estimate of drug-likeness (QED) is 0.471. The molecule has 0 aliphatic carbocycles. The summed E-state index contributed by atoms with van der Waals surface area (Å²) in [7, 11) is 1.63. The van der Waals surface area contributed by atoms with Gasteiger partial charge in [0.25, 0.3) is 0 Å². The van der Waals surface area contributed by atoms with Crippen molar-refractivity contribution in [2.45, 2.75) is 31.5 Å². The number of hydrogen-bond donors (Lipinski definition) is 3. The van der Waals surface area contributed by atoms with Crippen LogP contribution in [0.3, 0.4) is 0 Å². The first-order valence-corrected chi connectivity index (χ1v) is 11.9. The summed E-state index contributed by atoms with van der Waals surface area (Å²) in [5.74, 6) is 0.286.